The second-order valence-corrected chi connectivity index (χ2v) is 10.1. The molecular weight excluding hydrogens is 398 g/mol. The third kappa shape index (κ3) is 4.37. The smallest absolute Gasteiger partial charge is 0.261 e. The molecule has 6 nitrogen and oxygen atoms in total. The van der Waals surface area contributed by atoms with Crippen LogP contribution in [0.3, 0.4) is 0 Å². The number of anilines is 2. The largest absolute Gasteiger partial charge is 0.309 e. The van der Waals surface area contributed by atoms with Crippen LogP contribution in [-0.4, -0.2) is 38.4 Å². The van der Waals surface area contributed by atoms with Crippen molar-refractivity contribution < 1.29 is 13.2 Å². The quantitative estimate of drug-likeness (QED) is 0.789. The van der Waals surface area contributed by atoms with Gasteiger partial charge in [-0.1, -0.05) is 18.6 Å². The first-order chi connectivity index (χ1) is 14.3. The molecular formula is C23H29N3O3S. The highest BCUT2D eigenvalue weighted by atomic mass is 32.2. The van der Waals surface area contributed by atoms with Gasteiger partial charge in [0.1, 0.15) is 0 Å². The fourth-order valence-corrected chi connectivity index (χ4v) is 5.63. The number of nitrogens with zero attached hydrogens (tertiary/aromatic N) is 2. The van der Waals surface area contributed by atoms with Crippen molar-refractivity contribution in [3.63, 3.8) is 0 Å². The normalized spacial score (nSPS) is 19.5. The Hall–Kier alpha value is -2.38. The summed E-state index contributed by atoms with van der Waals surface area (Å²) in [6.45, 7) is 6.67. The van der Waals surface area contributed by atoms with Gasteiger partial charge in [-0.25, -0.2) is 8.42 Å². The number of piperidine rings is 1. The maximum absolute atomic E-state index is 12.9. The molecule has 1 fully saturated rings. The van der Waals surface area contributed by atoms with E-state index < -0.39 is 10.0 Å². The van der Waals surface area contributed by atoms with Crippen molar-refractivity contribution in [3.8, 4) is 0 Å². The lowest BCUT2D eigenvalue weighted by Gasteiger charge is -2.26. The van der Waals surface area contributed by atoms with Crippen LogP contribution in [0.4, 0.5) is 11.4 Å². The zero-order valence-corrected chi connectivity index (χ0v) is 18.4. The van der Waals surface area contributed by atoms with Gasteiger partial charge in [-0.3, -0.25) is 14.4 Å². The summed E-state index contributed by atoms with van der Waals surface area (Å²) in [6, 6.07) is 12.6. The van der Waals surface area contributed by atoms with E-state index in [1.165, 1.54) is 31.7 Å². The Morgan fingerprint density at radius 1 is 1.07 bits per heavy atom. The lowest BCUT2D eigenvalue weighted by Crippen LogP contribution is -2.33. The summed E-state index contributed by atoms with van der Waals surface area (Å²) < 4.78 is 28.5. The van der Waals surface area contributed by atoms with E-state index in [2.05, 4.69) is 9.62 Å². The van der Waals surface area contributed by atoms with E-state index in [-0.39, 0.29) is 16.8 Å². The van der Waals surface area contributed by atoms with E-state index in [9.17, 15) is 13.2 Å². The van der Waals surface area contributed by atoms with Crippen molar-refractivity contribution in [2.75, 3.05) is 22.7 Å². The van der Waals surface area contributed by atoms with Crippen LogP contribution in [-0.2, 0) is 27.8 Å². The minimum atomic E-state index is -3.69. The van der Waals surface area contributed by atoms with Gasteiger partial charge in [-0.05, 0) is 80.7 Å². The topological polar surface area (TPSA) is 69.7 Å². The molecule has 2 aliphatic rings. The van der Waals surface area contributed by atoms with Crippen molar-refractivity contribution in [2.24, 2.45) is 0 Å². The maximum atomic E-state index is 12.9. The van der Waals surface area contributed by atoms with Crippen molar-refractivity contribution in [2.45, 2.75) is 57.0 Å². The second kappa shape index (κ2) is 8.40. The van der Waals surface area contributed by atoms with Crippen molar-refractivity contribution in [1.29, 1.82) is 0 Å². The zero-order chi connectivity index (χ0) is 21.3. The summed E-state index contributed by atoms with van der Waals surface area (Å²) in [5, 5.41) is 0. The highest BCUT2D eigenvalue weighted by molar-refractivity contribution is 7.92. The number of hydrogen-bond donors (Lipinski definition) is 1. The van der Waals surface area contributed by atoms with E-state index in [1.807, 2.05) is 31.2 Å². The van der Waals surface area contributed by atoms with Crippen LogP contribution >= 0.6 is 0 Å². The van der Waals surface area contributed by atoms with E-state index in [1.54, 1.807) is 23.1 Å². The van der Waals surface area contributed by atoms with Crippen LogP contribution in [0, 0.1) is 0 Å². The SMILES string of the molecule is CC(=O)N1c2ccc(S(=O)(=O)Nc3ccc(CN4CCCCC4)cc3)cc2C[C@H]1C. The molecule has 2 aromatic rings. The number of sulfonamides is 1. The standard InChI is InChI=1S/C23H29N3O3S/c1-17-14-20-15-22(10-11-23(20)26(17)18(2)27)30(28,29)24-21-8-6-19(7-9-21)16-25-12-4-3-5-13-25/h6-11,15,17,24H,3-5,12-14,16H2,1-2H3/t17-/m1/s1. The van der Waals surface area contributed by atoms with E-state index in [0.717, 1.165) is 30.9 Å². The van der Waals surface area contributed by atoms with Gasteiger partial charge in [0.25, 0.3) is 10.0 Å². The molecule has 0 unspecified atom stereocenters. The molecule has 2 aromatic carbocycles. The summed E-state index contributed by atoms with van der Waals surface area (Å²) in [7, 11) is -3.69. The molecule has 1 N–H and O–H groups in total. The van der Waals surface area contributed by atoms with E-state index >= 15 is 0 Å². The van der Waals surface area contributed by atoms with E-state index in [4.69, 9.17) is 0 Å². The Balaban J connectivity index is 1.47. The Bertz CT molecular complexity index is 1030. The molecule has 160 valence electrons. The predicted molar refractivity (Wildman–Crippen MR) is 119 cm³/mol. The molecule has 7 heteroatoms. The first-order valence-corrected chi connectivity index (χ1v) is 12.1. The minimum absolute atomic E-state index is 0.0281. The molecule has 1 saturated heterocycles. The lowest BCUT2D eigenvalue weighted by atomic mass is 10.1. The zero-order valence-electron chi connectivity index (χ0n) is 17.6. The van der Waals surface area contributed by atoms with Crippen LogP contribution in [0.25, 0.3) is 0 Å². The molecule has 0 spiro atoms. The number of carbonyl (C=O) groups excluding carboxylic acids is 1. The summed E-state index contributed by atoms with van der Waals surface area (Å²) in [4.78, 5) is 16.3. The molecule has 1 amide bonds. The second-order valence-electron chi connectivity index (χ2n) is 8.37. The summed E-state index contributed by atoms with van der Waals surface area (Å²) >= 11 is 0. The van der Waals surface area contributed by atoms with E-state index in [0.29, 0.717) is 12.1 Å². The van der Waals surface area contributed by atoms with Gasteiger partial charge in [-0.15, -0.1) is 0 Å². The molecule has 0 radical (unpaired) electrons. The Morgan fingerprint density at radius 3 is 2.43 bits per heavy atom. The molecule has 0 aromatic heterocycles. The van der Waals surface area contributed by atoms with Crippen LogP contribution < -0.4 is 9.62 Å². The molecule has 0 saturated carbocycles. The third-order valence-electron chi connectivity index (χ3n) is 5.98. The van der Waals surface area contributed by atoms with Crippen LogP contribution in [0.15, 0.2) is 47.4 Å². The Kier molecular flexibility index (Phi) is 5.84. The number of benzene rings is 2. The summed E-state index contributed by atoms with van der Waals surface area (Å²) in [5.74, 6) is -0.0281. The molecule has 4 rings (SSSR count). The van der Waals surface area contributed by atoms with Crippen LogP contribution in [0.1, 0.15) is 44.2 Å². The summed E-state index contributed by atoms with van der Waals surface area (Å²) in [5.41, 5.74) is 3.43. The Morgan fingerprint density at radius 2 is 1.77 bits per heavy atom. The fraction of sp³-hybridized carbons (Fsp3) is 0.435. The molecule has 0 bridgehead atoms. The highest BCUT2D eigenvalue weighted by Crippen LogP contribution is 2.34. The van der Waals surface area contributed by atoms with Gasteiger partial charge in [0.05, 0.1) is 4.90 Å². The number of likely N-dealkylation sites (tertiary alicyclic amines) is 1. The molecule has 0 aliphatic carbocycles. The molecule has 1 atom stereocenters. The average molecular weight is 428 g/mol. The van der Waals surface area contributed by atoms with Crippen molar-refractivity contribution in [1.82, 2.24) is 4.90 Å². The minimum Gasteiger partial charge on any atom is -0.309 e. The third-order valence-corrected chi connectivity index (χ3v) is 7.36. The number of rotatable bonds is 5. The predicted octanol–water partition coefficient (Wildman–Crippen LogP) is 3.77. The van der Waals surface area contributed by atoms with Gasteiger partial charge in [0.2, 0.25) is 5.91 Å². The molecule has 2 heterocycles. The average Bonchev–Trinajstić information content (AvgIpc) is 3.05. The van der Waals surface area contributed by atoms with Gasteiger partial charge in [-0.2, -0.15) is 0 Å². The van der Waals surface area contributed by atoms with Crippen LogP contribution in [0.2, 0.25) is 0 Å². The Labute approximate surface area is 178 Å². The fourth-order valence-electron chi connectivity index (χ4n) is 4.52. The number of amides is 1. The number of carbonyl (C=O) groups is 1. The van der Waals surface area contributed by atoms with Crippen molar-refractivity contribution in [3.05, 3.63) is 53.6 Å². The molecule has 30 heavy (non-hydrogen) atoms. The lowest BCUT2D eigenvalue weighted by molar-refractivity contribution is -0.116. The highest BCUT2D eigenvalue weighted by Gasteiger charge is 2.30. The van der Waals surface area contributed by atoms with Gasteiger partial charge in [0, 0.05) is 30.9 Å². The maximum Gasteiger partial charge on any atom is 0.261 e. The first kappa shape index (κ1) is 20.9. The van der Waals surface area contributed by atoms with Gasteiger partial charge < -0.3 is 4.90 Å². The first-order valence-electron chi connectivity index (χ1n) is 10.6. The monoisotopic (exact) mass is 427 g/mol. The molecule has 2 aliphatic heterocycles. The summed E-state index contributed by atoms with van der Waals surface area (Å²) in [6.07, 6.45) is 4.47. The van der Waals surface area contributed by atoms with Gasteiger partial charge >= 0.3 is 0 Å². The van der Waals surface area contributed by atoms with Crippen molar-refractivity contribution >= 4 is 27.3 Å². The van der Waals surface area contributed by atoms with Crippen LogP contribution in [0.5, 0.6) is 0 Å². The van der Waals surface area contributed by atoms with Gasteiger partial charge in [0.15, 0.2) is 0 Å². The number of nitrogens with one attached hydrogen (secondary N) is 1. The number of fused-ring (bicyclic) bond motifs is 1. The number of hydrogen-bond acceptors (Lipinski definition) is 4.